The summed E-state index contributed by atoms with van der Waals surface area (Å²) < 4.78 is 17.6. The summed E-state index contributed by atoms with van der Waals surface area (Å²) in [5.41, 5.74) is 1.19. The van der Waals surface area contributed by atoms with Crippen LogP contribution < -0.4 is 14.9 Å². The second-order valence-corrected chi connectivity index (χ2v) is 9.77. The number of hydrogen-bond acceptors (Lipinski definition) is 6. The third kappa shape index (κ3) is 5.22. The number of carbonyl (C=O) groups is 1. The lowest BCUT2D eigenvalue weighted by Gasteiger charge is -2.26. The maximum Gasteiger partial charge on any atom is 0.290 e. The molecule has 0 saturated carbocycles. The van der Waals surface area contributed by atoms with Gasteiger partial charge in [0.05, 0.1) is 30.7 Å². The van der Waals surface area contributed by atoms with Crippen molar-refractivity contribution in [2.24, 2.45) is 0 Å². The number of ether oxygens (including phenoxy) is 2. The van der Waals surface area contributed by atoms with Crippen molar-refractivity contribution < 1.29 is 18.7 Å². The molecule has 0 saturated heterocycles. The van der Waals surface area contributed by atoms with E-state index in [0.29, 0.717) is 46.2 Å². The molecule has 8 heteroatoms. The van der Waals surface area contributed by atoms with E-state index in [9.17, 15) is 9.59 Å². The summed E-state index contributed by atoms with van der Waals surface area (Å²) in [6, 6.07) is 9.86. The lowest BCUT2D eigenvalue weighted by Crippen LogP contribution is -2.32. The van der Waals surface area contributed by atoms with Gasteiger partial charge in [-0.3, -0.25) is 9.59 Å². The van der Waals surface area contributed by atoms with Gasteiger partial charge in [0.1, 0.15) is 5.58 Å². The van der Waals surface area contributed by atoms with Gasteiger partial charge in [0, 0.05) is 11.6 Å². The molecule has 2 heterocycles. The zero-order chi connectivity index (χ0) is 25.8. The molecule has 0 bridgehead atoms. The van der Waals surface area contributed by atoms with Crippen LogP contribution in [0.25, 0.3) is 11.0 Å². The summed E-state index contributed by atoms with van der Waals surface area (Å²) in [6.07, 6.45) is 3.92. The van der Waals surface area contributed by atoms with Crippen molar-refractivity contribution in [2.75, 3.05) is 40.9 Å². The molecule has 0 radical (unpaired) electrons. The average Bonchev–Trinajstić information content (AvgIpc) is 3.14. The quantitative estimate of drug-likeness (QED) is 0.315. The molecule has 3 aromatic rings. The molecule has 192 valence electrons. The van der Waals surface area contributed by atoms with E-state index in [0.717, 1.165) is 37.8 Å². The predicted octanol–water partition coefficient (Wildman–Crippen LogP) is 5.52. The first-order chi connectivity index (χ1) is 17.3. The molecule has 1 aromatic heterocycles. The fourth-order valence-corrected chi connectivity index (χ4v) is 4.81. The van der Waals surface area contributed by atoms with E-state index in [1.807, 2.05) is 32.3 Å². The standard InChI is InChI=1S/C28H33ClN2O5/c1-5-6-7-15-35-22-11-9-18(16-23(22)34-4)25-24-26(32)20-17-19(29)10-12-21(20)36-27(24)28(33)31(25)14-8-13-30(2)3/h9-12,16-17,25H,5-8,13-15H2,1-4H3. The van der Waals surface area contributed by atoms with Crippen LogP contribution in [0.15, 0.2) is 45.6 Å². The highest BCUT2D eigenvalue weighted by Gasteiger charge is 2.42. The molecule has 36 heavy (non-hydrogen) atoms. The topological polar surface area (TPSA) is 72.2 Å². The number of unbranched alkanes of at least 4 members (excludes halogenated alkanes) is 2. The average molecular weight is 513 g/mol. The van der Waals surface area contributed by atoms with Gasteiger partial charge in [0.15, 0.2) is 16.9 Å². The summed E-state index contributed by atoms with van der Waals surface area (Å²) >= 11 is 6.18. The Morgan fingerprint density at radius 1 is 1.06 bits per heavy atom. The van der Waals surface area contributed by atoms with E-state index in [4.69, 9.17) is 25.5 Å². The van der Waals surface area contributed by atoms with Crippen molar-refractivity contribution in [1.29, 1.82) is 0 Å². The highest BCUT2D eigenvalue weighted by atomic mass is 35.5. The zero-order valence-corrected chi connectivity index (χ0v) is 22.1. The van der Waals surface area contributed by atoms with Crippen molar-refractivity contribution in [3.05, 3.63) is 68.5 Å². The van der Waals surface area contributed by atoms with E-state index in [-0.39, 0.29) is 17.1 Å². The maximum absolute atomic E-state index is 13.7. The van der Waals surface area contributed by atoms with Gasteiger partial charge >= 0.3 is 0 Å². The summed E-state index contributed by atoms with van der Waals surface area (Å²) in [5.74, 6) is 0.995. The van der Waals surface area contributed by atoms with Gasteiger partial charge in [-0.15, -0.1) is 0 Å². The smallest absolute Gasteiger partial charge is 0.290 e. The lowest BCUT2D eigenvalue weighted by molar-refractivity contribution is 0.0722. The second kappa shape index (κ2) is 11.4. The van der Waals surface area contributed by atoms with Crippen LogP contribution in [0, 0.1) is 0 Å². The molecular weight excluding hydrogens is 480 g/mol. The summed E-state index contributed by atoms with van der Waals surface area (Å²) in [7, 11) is 5.57. The molecule has 0 spiro atoms. The highest BCUT2D eigenvalue weighted by molar-refractivity contribution is 6.31. The third-order valence-electron chi connectivity index (χ3n) is 6.44. The largest absolute Gasteiger partial charge is 0.493 e. The molecule has 4 rings (SSSR count). The molecule has 1 aliphatic heterocycles. The van der Waals surface area contributed by atoms with Gasteiger partial charge in [-0.1, -0.05) is 37.4 Å². The van der Waals surface area contributed by atoms with Crippen LogP contribution in [0.5, 0.6) is 11.5 Å². The normalized spacial score (nSPS) is 15.1. The fourth-order valence-electron chi connectivity index (χ4n) is 4.63. The van der Waals surface area contributed by atoms with E-state index < -0.39 is 6.04 Å². The molecule has 1 aliphatic rings. The van der Waals surface area contributed by atoms with Crippen molar-refractivity contribution in [1.82, 2.24) is 9.80 Å². The Morgan fingerprint density at radius 2 is 1.86 bits per heavy atom. The summed E-state index contributed by atoms with van der Waals surface area (Å²) in [6.45, 7) is 4.02. The van der Waals surface area contributed by atoms with Crippen LogP contribution in [0.3, 0.4) is 0 Å². The Kier molecular flexibility index (Phi) is 8.21. The van der Waals surface area contributed by atoms with Crippen LogP contribution in [-0.4, -0.2) is 56.6 Å². The van der Waals surface area contributed by atoms with Crippen LogP contribution in [0.1, 0.15) is 60.3 Å². The van der Waals surface area contributed by atoms with Gasteiger partial charge in [0.25, 0.3) is 5.91 Å². The number of halogens is 1. The van der Waals surface area contributed by atoms with E-state index >= 15 is 0 Å². The molecule has 0 fully saturated rings. The van der Waals surface area contributed by atoms with E-state index in [1.165, 1.54) is 0 Å². The first-order valence-corrected chi connectivity index (χ1v) is 12.8. The molecule has 1 unspecified atom stereocenters. The second-order valence-electron chi connectivity index (χ2n) is 9.34. The number of fused-ring (bicyclic) bond motifs is 2. The molecule has 1 atom stereocenters. The number of hydrogen-bond donors (Lipinski definition) is 0. The predicted molar refractivity (Wildman–Crippen MR) is 142 cm³/mol. The Bertz CT molecular complexity index is 1300. The third-order valence-corrected chi connectivity index (χ3v) is 6.68. The van der Waals surface area contributed by atoms with Gasteiger partial charge in [-0.2, -0.15) is 0 Å². The number of nitrogens with zero attached hydrogens (tertiary/aromatic N) is 2. The highest BCUT2D eigenvalue weighted by Crippen LogP contribution is 2.41. The van der Waals surface area contributed by atoms with Crippen molar-refractivity contribution in [2.45, 2.75) is 38.6 Å². The van der Waals surface area contributed by atoms with Crippen LogP contribution in [0.4, 0.5) is 0 Å². The number of amides is 1. The lowest BCUT2D eigenvalue weighted by atomic mass is 9.98. The van der Waals surface area contributed by atoms with Gasteiger partial charge < -0.3 is 23.7 Å². The Hall–Kier alpha value is -3.03. The first-order valence-electron chi connectivity index (χ1n) is 12.4. The fraction of sp³-hybridized carbons (Fsp3) is 0.429. The molecule has 0 N–H and O–H groups in total. The zero-order valence-electron chi connectivity index (χ0n) is 21.3. The Morgan fingerprint density at radius 3 is 2.58 bits per heavy atom. The molecule has 2 aromatic carbocycles. The molecular formula is C28H33ClN2O5. The maximum atomic E-state index is 13.7. The molecule has 0 aliphatic carbocycles. The first kappa shape index (κ1) is 26.0. The van der Waals surface area contributed by atoms with Gasteiger partial charge in [0.2, 0.25) is 5.76 Å². The molecule has 1 amide bonds. The summed E-state index contributed by atoms with van der Waals surface area (Å²) in [4.78, 5) is 31.0. The molecule has 7 nitrogen and oxygen atoms in total. The van der Waals surface area contributed by atoms with E-state index in [1.54, 1.807) is 30.2 Å². The SMILES string of the molecule is CCCCCOc1ccc(C2c3c(oc4ccc(Cl)cc4c3=O)C(=O)N2CCCN(C)C)cc1OC. The number of rotatable bonds is 11. The van der Waals surface area contributed by atoms with Crippen molar-refractivity contribution in [3.63, 3.8) is 0 Å². The summed E-state index contributed by atoms with van der Waals surface area (Å²) in [5, 5.41) is 0.793. The van der Waals surface area contributed by atoms with Crippen LogP contribution in [0.2, 0.25) is 5.02 Å². The van der Waals surface area contributed by atoms with Crippen molar-refractivity contribution in [3.8, 4) is 11.5 Å². The van der Waals surface area contributed by atoms with Crippen LogP contribution in [-0.2, 0) is 0 Å². The minimum atomic E-state index is -0.600. The minimum Gasteiger partial charge on any atom is -0.493 e. The Balaban J connectivity index is 1.78. The van der Waals surface area contributed by atoms with Crippen LogP contribution >= 0.6 is 11.6 Å². The number of methoxy groups -OCH3 is 1. The van der Waals surface area contributed by atoms with E-state index in [2.05, 4.69) is 11.8 Å². The van der Waals surface area contributed by atoms with Gasteiger partial charge in [-0.05, 0) is 69.4 Å². The van der Waals surface area contributed by atoms with Crippen molar-refractivity contribution >= 4 is 28.5 Å². The Labute approximate surface area is 216 Å². The number of carbonyl (C=O) groups excluding carboxylic acids is 1. The minimum absolute atomic E-state index is 0.0866. The monoisotopic (exact) mass is 512 g/mol. The number of benzene rings is 2. The van der Waals surface area contributed by atoms with Gasteiger partial charge in [-0.25, -0.2) is 0 Å².